The summed E-state index contributed by atoms with van der Waals surface area (Å²) in [6.07, 6.45) is 5.06. The SMILES string of the molecule is C[C@@H]1CCC[C@H](C)N1CC(=O)C[C@@H](Cc1ccc(F)c(F)c1)C(=O)NCc1ccc2nc[nH]c2c1. The Balaban J connectivity index is 1.45. The molecule has 1 aliphatic heterocycles. The number of aromatic nitrogens is 2. The van der Waals surface area contributed by atoms with Crippen molar-refractivity contribution in [1.82, 2.24) is 20.2 Å². The second kappa shape index (κ2) is 11.1. The number of amides is 1. The zero-order chi connectivity index (χ0) is 24.9. The average Bonchev–Trinajstić information content (AvgIpc) is 3.30. The number of aromatic amines is 1. The molecule has 3 aromatic rings. The Kier molecular flexibility index (Phi) is 7.90. The monoisotopic (exact) mass is 482 g/mol. The van der Waals surface area contributed by atoms with Gasteiger partial charge in [0.1, 0.15) is 5.78 Å². The number of halogens is 2. The van der Waals surface area contributed by atoms with Gasteiger partial charge in [0.05, 0.1) is 23.9 Å². The highest BCUT2D eigenvalue weighted by Gasteiger charge is 2.29. The van der Waals surface area contributed by atoms with Gasteiger partial charge in [-0.05, 0) is 68.5 Å². The van der Waals surface area contributed by atoms with Crippen LogP contribution in [0.5, 0.6) is 0 Å². The molecule has 4 rings (SSSR count). The quantitative estimate of drug-likeness (QED) is 0.470. The van der Waals surface area contributed by atoms with E-state index in [1.807, 2.05) is 18.2 Å². The van der Waals surface area contributed by atoms with E-state index in [-0.39, 0.29) is 31.1 Å². The highest BCUT2D eigenvalue weighted by Crippen LogP contribution is 2.23. The van der Waals surface area contributed by atoms with Crippen LogP contribution in [-0.4, -0.2) is 45.2 Å². The molecule has 2 N–H and O–H groups in total. The van der Waals surface area contributed by atoms with Crippen LogP contribution in [0, 0.1) is 17.6 Å². The molecule has 186 valence electrons. The molecular formula is C27H32F2N4O2. The normalized spacial score (nSPS) is 19.5. The molecule has 1 saturated heterocycles. The first-order valence-electron chi connectivity index (χ1n) is 12.2. The van der Waals surface area contributed by atoms with Crippen molar-refractivity contribution in [2.75, 3.05) is 6.54 Å². The van der Waals surface area contributed by atoms with Gasteiger partial charge >= 0.3 is 0 Å². The van der Waals surface area contributed by atoms with Gasteiger partial charge in [-0.1, -0.05) is 18.6 Å². The maximum atomic E-state index is 13.8. The molecule has 1 aromatic heterocycles. The Morgan fingerprint density at radius 2 is 1.83 bits per heavy atom. The maximum Gasteiger partial charge on any atom is 0.224 e. The molecule has 8 heteroatoms. The average molecular weight is 483 g/mol. The summed E-state index contributed by atoms with van der Waals surface area (Å²) in [7, 11) is 0. The molecule has 2 aromatic carbocycles. The molecule has 0 spiro atoms. The number of hydrogen-bond acceptors (Lipinski definition) is 4. The van der Waals surface area contributed by atoms with Gasteiger partial charge in [-0.15, -0.1) is 0 Å². The Hall–Kier alpha value is -3.13. The lowest BCUT2D eigenvalue weighted by Gasteiger charge is -2.38. The number of carbonyl (C=O) groups is 2. The van der Waals surface area contributed by atoms with Crippen molar-refractivity contribution >= 4 is 22.7 Å². The molecule has 0 aliphatic carbocycles. The summed E-state index contributed by atoms with van der Waals surface area (Å²) in [5.74, 6) is -2.89. The Morgan fingerprint density at radius 1 is 1.09 bits per heavy atom. The lowest BCUT2D eigenvalue weighted by molar-refractivity contribution is -0.130. The molecule has 0 unspecified atom stereocenters. The molecule has 1 amide bonds. The molecule has 0 radical (unpaired) electrons. The van der Waals surface area contributed by atoms with E-state index < -0.39 is 17.6 Å². The predicted octanol–water partition coefficient (Wildman–Crippen LogP) is 4.54. The van der Waals surface area contributed by atoms with Gasteiger partial charge in [0.25, 0.3) is 0 Å². The second-order valence-corrected chi connectivity index (χ2v) is 9.67. The van der Waals surface area contributed by atoms with Crippen molar-refractivity contribution < 1.29 is 18.4 Å². The van der Waals surface area contributed by atoms with Crippen molar-refractivity contribution in [1.29, 1.82) is 0 Å². The summed E-state index contributed by atoms with van der Waals surface area (Å²) in [5, 5.41) is 2.92. The maximum absolute atomic E-state index is 13.8. The smallest absolute Gasteiger partial charge is 0.224 e. The van der Waals surface area contributed by atoms with Gasteiger partial charge in [-0.2, -0.15) is 0 Å². The highest BCUT2D eigenvalue weighted by atomic mass is 19.2. The van der Waals surface area contributed by atoms with Crippen LogP contribution >= 0.6 is 0 Å². The number of carbonyl (C=O) groups excluding carboxylic acids is 2. The van der Waals surface area contributed by atoms with Crippen LogP contribution in [0.25, 0.3) is 11.0 Å². The van der Waals surface area contributed by atoms with Gasteiger partial charge < -0.3 is 10.3 Å². The number of likely N-dealkylation sites (tertiary alicyclic amines) is 1. The number of imidazole rings is 1. The highest BCUT2D eigenvalue weighted by molar-refractivity contribution is 5.88. The lowest BCUT2D eigenvalue weighted by atomic mass is 9.91. The van der Waals surface area contributed by atoms with E-state index in [0.29, 0.717) is 24.2 Å². The summed E-state index contributed by atoms with van der Waals surface area (Å²) < 4.78 is 27.2. The first-order valence-corrected chi connectivity index (χ1v) is 12.2. The summed E-state index contributed by atoms with van der Waals surface area (Å²) in [6.45, 7) is 4.84. The minimum atomic E-state index is -0.961. The van der Waals surface area contributed by atoms with Crippen LogP contribution in [0.3, 0.4) is 0 Å². The van der Waals surface area contributed by atoms with Crippen LogP contribution in [0.1, 0.15) is 50.7 Å². The van der Waals surface area contributed by atoms with Crippen molar-refractivity contribution in [3.63, 3.8) is 0 Å². The summed E-state index contributed by atoms with van der Waals surface area (Å²) in [5.41, 5.74) is 3.08. The standard InChI is InChI=1S/C27H32F2N4O2/c1-17-4-3-5-18(2)33(17)15-22(34)13-21(10-19-6-8-23(28)24(29)11-19)27(35)30-14-20-7-9-25-26(12-20)32-16-31-25/h6-9,11-12,16-18,21H,3-5,10,13-15H2,1-2H3,(H,30,35)(H,31,32)/t17-,18+,21-/m1/s1. The first-order chi connectivity index (χ1) is 16.8. The Bertz CT molecular complexity index is 1180. The zero-order valence-electron chi connectivity index (χ0n) is 20.2. The minimum absolute atomic E-state index is 0.0211. The van der Waals surface area contributed by atoms with Gasteiger partial charge in [-0.25, -0.2) is 13.8 Å². The number of rotatable bonds is 9. The van der Waals surface area contributed by atoms with E-state index in [1.165, 1.54) is 6.07 Å². The number of piperidine rings is 1. The van der Waals surface area contributed by atoms with E-state index in [2.05, 4.69) is 34.0 Å². The fraction of sp³-hybridized carbons (Fsp3) is 0.444. The van der Waals surface area contributed by atoms with Crippen molar-refractivity contribution in [3.8, 4) is 0 Å². The molecular weight excluding hydrogens is 450 g/mol. The van der Waals surface area contributed by atoms with Crippen molar-refractivity contribution in [2.24, 2.45) is 5.92 Å². The molecule has 35 heavy (non-hydrogen) atoms. The van der Waals surface area contributed by atoms with Gasteiger partial charge in [0.15, 0.2) is 11.6 Å². The largest absolute Gasteiger partial charge is 0.352 e. The number of hydrogen-bond donors (Lipinski definition) is 2. The molecule has 3 atom stereocenters. The molecule has 2 heterocycles. The van der Waals surface area contributed by atoms with E-state index in [1.54, 1.807) is 6.33 Å². The fourth-order valence-electron chi connectivity index (χ4n) is 4.96. The van der Waals surface area contributed by atoms with Gasteiger partial charge in [0, 0.05) is 31.0 Å². The predicted molar refractivity (Wildman–Crippen MR) is 131 cm³/mol. The topological polar surface area (TPSA) is 78.1 Å². The zero-order valence-corrected chi connectivity index (χ0v) is 20.2. The molecule has 1 fully saturated rings. The van der Waals surface area contributed by atoms with Crippen LogP contribution < -0.4 is 5.32 Å². The first kappa shape index (κ1) is 25.0. The van der Waals surface area contributed by atoms with E-state index in [9.17, 15) is 18.4 Å². The number of Topliss-reactive ketones (excluding diaryl/α,β-unsaturated/α-hetero) is 1. The summed E-state index contributed by atoms with van der Waals surface area (Å²) in [4.78, 5) is 35.7. The van der Waals surface area contributed by atoms with Gasteiger partial charge in [-0.3, -0.25) is 14.5 Å². The third-order valence-corrected chi connectivity index (χ3v) is 7.00. The minimum Gasteiger partial charge on any atom is -0.352 e. The van der Waals surface area contributed by atoms with Crippen molar-refractivity contribution in [3.05, 3.63) is 65.5 Å². The Morgan fingerprint density at radius 3 is 2.57 bits per heavy atom. The number of fused-ring (bicyclic) bond motifs is 1. The summed E-state index contributed by atoms with van der Waals surface area (Å²) >= 11 is 0. The van der Waals surface area contributed by atoms with Crippen LogP contribution in [-0.2, 0) is 22.6 Å². The third-order valence-electron chi connectivity index (χ3n) is 7.00. The van der Waals surface area contributed by atoms with E-state index in [0.717, 1.165) is 48.0 Å². The molecule has 6 nitrogen and oxygen atoms in total. The molecule has 0 saturated carbocycles. The fourth-order valence-corrected chi connectivity index (χ4v) is 4.96. The number of benzene rings is 2. The molecule has 0 bridgehead atoms. The van der Waals surface area contributed by atoms with Crippen LogP contribution in [0.4, 0.5) is 8.78 Å². The second-order valence-electron chi connectivity index (χ2n) is 9.67. The Labute approximate surface area is 204 Å². The number of nitrogens with zero attached hydrogens (tertiary/aromatic N) is 2. The number of ketones is 1. The van der Waals surface area contributed by atoms with E-state index in [4.69, 9.17) is 0 Å². The van der Waals surface area contributed by atoms with Gasteiger partial charge in [0.2, 0.25) is 5.91 Å². The van der Waals surface area contributed by atoms with Crippen molar-refractivity contribution in [2.45, 2.75) is 64.6 Å². The summed E-state index contributed by atoms with van der Waals surface area (Å²) in [6, 6.07) is 9.92. The van der Waals surface area contributed by atoms with Crippen LogP contribution in [0.15, 0.2) is 42.7 Å². The third kappa shape index (κ3) is 6.31. The number of nitrogens with one attached hydrogen (secondary N) is 2. The van der Waals surface area contributed by atoms with Crippen LogP contribution in [0.2, 0.25) is 0 Å². The lowest BCUT2D eigenvalue weighted by Crippen LogP contribution is -2.46. The van der Waals surface area contributed by atoms with E-state index >= 15 is 0 Å². The number of H-pyrrole nitrogens is 1. The molecule has 1 aliphatic rings.